The quantitative estimate of drug-likeness (QED) is 0.510. The van der Waals surface area contributed by atoms with Crippen LogP contribution in [0.25, 0.3) is 11.1 Å². The highest BCUT2D eigenvalue weighted by molar-refractivity contribution is 5.81. The fourth-order valence-electron chi connectivity index (χ4n) is 4.78. The van der Waals surface area contributed by atoms with Gasteiger partial charge >= 0.3 is 12.1 Å². The molecule has 0 bridgehead atoms. The number of rotatable bonds is 10. The molecule has 1 aliphatic heterocycles. The number of benzene rings is 2. The van der Waals surface area contributed by atoms with Gasteiger partial charge in [0.05, 0.1) is 18.8 Å². The van der Waals surface area contributed by atoms with Crippen LogP contribution in [-0.2, 0) is 23.7 Å². The number of hydrogen-bond donors (Lipinski definition) is 1. The molecule has 2 aromatic rings. The van der Waals surface area contributed by atoms with Crippen molar-refractivity contribution < 1.29 is 33.6 Å². The first-order valence-corrected chi connectivity index (χ1v) is 12.4. The first-order valence-electron chi connectivity index (χ1n) is 12.4. The van der Waals surface area contributed by atoms with E-state index in [1.807, 2.05) is 50.2 Å². The molecule has 1 N–H and O–H groups in total. The second-order valence-corrected chi connectivity index (χ2v) is 9.96. The number of carboxylic acids is 1. The molecule has 1 unspecified atom stereocenters. The lowest BCUT2D eigenvalue weighted by Gasteiger charge is -2.33. The van der Waals surface area contributed by atoms with Gasteiger partial charge in [-0.15, -0.1) is 0 Å². The van der Waals surface area contributed by atoms with Gasteiger partial charge < -0.3 is 24.1 Å². The monoisotopic (exact) mass is 497 g/mol. The number of aliphatic carboxylic acids is 1. The van der Waals surface area contributed by atoms with Crippen LogP contribution in [0.15, 0.2) is 48.5 Å². The van der Waals surface area contributed by atoms with Crippen LogP contribution in [0.1, 0.15) is 50.2 Å². The van der Waals surface area contributed by atoms with Gasteiger partial charge in [0, 0.05) is 19.6 Å². The summed E-state index contributed by atoms with van der Waals surface area (Å²) in [5, 5.41) is 9.74. The van der Waals surface area contributed by atoms with Crippen LogP contribution in [0.5, 0.6) is 0 Å². The summed E-state index contributed by atoms with van der Waals surface area (Å²) in [4.78, 5) is 25.8. The lowest BCUT2D eigenvalue weighted by molar-refractivity contribution is -0.228. The number of carboxylic acid groups (broad SMARTS) is 1. The minimum atomic E-state index is -1.19. The number of nitrogens with zero attached hydrogens (tertiary/aromatic N) is 1. The van der Waals surface area contributed by atoms with Gasteiger partial charge in [-0.2, -0.15) is 0 Å². The third-order valence-electron chi connectivity index (χ3n) is 6.69. The molecule has 1 saturated heterocycles. The van der Waals surface area contributed by atoms with Crippen LogP contribution in [0.2, 0.25) is 0 Å². The molecule has 8 heteroatoms. The Morgan fingerprint density at radius 2 is 1.72 bits per heavy atom. The highest BCUT2D eigenvalue weighted by atomic mass is 16.7. The molecular weight excluding hydrogens is 462 g/mol. The Labute approximate surface area is 212 Å². The molecule has 0 aromatic heterocycles. The summed E-state index contributed by atoms with van der Waals surface area (Å²) in [6.45, 7) is 4.51. The van der Waals surface area contributed by atoms with E-state index in [2.05, 4.69) is 12.1 Å². The van der Waals surface area contributed by atoms with Gasteiger partial charge in [0.15, 0.2) is 12.3 Å². The van der Waals surface area contributed by atoms with Gasteiger partial charge in [-0.3, -0.25) is 4.90 Å². The lowest BCUT2D eigenvalue weighted by atomic mass is 9.98. The summed E-state index contributed by atoms with van der Waals surface area (Å²) in [7, 11) is 1.42. The maximum absolute atomic E-state index is 12.8. The standard InChI is InChI=1S/C28H35NO7/c1-28(2,36-25-14-8-9-15-34-25)18-33-17-24(26(30)31)29(3)27(32)35-16-23-21-12-6-4-10-19(21)20-11-5-7-13-22(20)23/h4-7,10-13,23-25H,8-9,14-18H2,1-3H3,(H,30,31)/t24-,25?/m0/s1. The van der Waals surface area contributed by atoms with E-state index >= 15 is 0 Å². The van der Waals surface area contributed by atoms with E-state index in [1.165, 1.54) is 7.05 Å². The number of ether oxygens (including phenoxy) is 4. The number of carbonyl (C=O) groups is 2. The zero-order chi connectivity index (χ0) is 25.7. The fourth-order valence-corrected chi connectivity index (χ4v) is 4.78. The molecule has 2 aromatic carbocycles. The highest BCUT2D eigenvalue weighted by Gasteiger charge is 2.33. The van der Waals surface area contributed by atoms with Crippen molar-refractivity contribution in [2.45, 2.75) is 57.0 Å². The van der Waals surface area contributed by atoms with E-state index in [0.29, 0.717) is 6.61 Å². The van der Waals surface area contributed by atoms with Crippen molar-refractivity contribution >= 4 is 12.1 Å². The van der Waals surface area contributed by atoms with E-state index in [4.69, 9.17) is 18.9 Å². The van der Waals surface area contributed by atoms with Crippen molar-refractivity contribution in [2.75, 3.05) is 33.5 Å². The van der Waals surface area contributed by atoms with E-state index in [1.54, 1.807) is 0 Å². The number of carbonyl (C=O) groups excluding carboxylic acids is 1. The van der Waals surface area contributed by atoms with Crippen LogP contribution >= 0.6 is 0 Å². The van der Waals surface area contributed by atoms with E-state index in [-0.39, 0.29) is 32.0 Å². The van der Waals surface area contributed by atoms with Crippen LogP contribution < -0.4 is 0 Å². The Morgan fingerprint density at radius 1 is 1.08 bits per heavy atom. The molecule has 1 amide bonds. The van der Waals surface area contributed by atoms with E-state index in [0.717, 1.165) is 46.4 Å². The Hall–Kier alpha value is -2.94. The number of hydrogen-bond acceptors (Lipinski definition) is 6. The van der Waals surface area contributed by atoms with Gasteiger partial charge in [0.1, 0.15) is 6.61 Å². The first-order chi connectivity index (χ1) is 17.3. The van der Waals surface area contributed by atoms with E-state index < -0.39 is 23.7 Å². The molecule has 2 aliphatic rings. The van der Waals surface area contributed by atoms with Crippen LogP contribution in [0.4, 0.5) is 4.79 Å². The zero-order valence-corrected chi connectivity index (χ0v) is 21.1. The maximum Gasteiger partial charge on any atom is 0.410 e. The van der Waals surface area contributed by atoms with Crippen molar-refractivity contribution in [2.24, 2.45) is 0 Å². The molecule has 2 atom stereocenters. The second-order valence-electron chi connectivity index (χ2n) is 9.96. The first kappa shape index (κ1) is 26.1. The third-order valence-corrected chi connectivity index (χ3v) is 6.69. The largest absolute Gasteiger partial charge is 0.480 e. The average Bonchev–Trinajstić information content (AvgIpc) is 3.18. The molecule has 4 rings (SSSR count). The fraction of sp³-hybridized carbons (Fsp3) is 0.500. The summed E-state index contributed by atoms with van der Waals surface area (Å²) in [5.74, 6) is -1.27. The molecule has 1 fully saturated rings. The normalized spacial score (nSPS) is 18.2. The van der Waals surface area contributed by atoms with Crippen molar-refractivity contribution in [1.29, 1.82) is 0 Å². The minimum absolute atomic E-state index is 0.103. The topological polar surface area (TPSA) is 94.5 Å². The second kappa shape index (κ2) is 11.4. The van der Waals surface area contributed by atoms with Crippen molar-refractivity contribution in [3.8, 4) is 11.1 Å². The van der Waals surface area contributed by atoms with Crippen molar-refractivity contribution in [3.63, 3.8) is 0 Å². The van der Waals surface area contributed by atoms with Crippen LogP contribution in [0, 0.1) is 0 Å². The van der Waals surface area contributed by atoms with Gasteiger partial charge in [-0.1, -0.05) is 48.5 Å². The maximum atomic E-state index is 12.8. The predicted molar refractivity (Wildman–Crippen MR) is 134 cm³/mol. The van der Waals surface area contributed by atoms with Gasteiger partial charge in [0.25, 0.3) is 0 Å². The van der Waals surface area contributed by atoms with E-state index in [9.17, 15) is 14.7 Å². The summed E-state index contributed by atoms with van der Waals surface area (Å²) >= 11 is 0. The van der Waals surface area contributed by atoms with Gasteiger partial charge in [-0.05, 0) is 55.4 Å². The lowest BCUT2D eigenvalue weighted by Crippen LogP contribution is -2.47. The Morgan fingerprint density at radius 3 is 2.31 bits per heavy atom. The predicted octanol–water partition coefficient (Wildman–Crippen LogP) is 4.66. The summed E-state index contributed by atoms with van der Waals surface area (Å²) in [6.07, 6.45) is 1.91. The SMILES string of the molecule is CN(C(=O)OCC1c2ccccc2-c2ccccc21)[C@@H](COCC(C)(C)OC1CCCCO1)C(=O)O. The third kappa shape index (κ3) is 6.06. The number of fused-ring (bicyclic) bond motifs is 3. The van der Waals surface area contributed by atoms with Crippen molar-refractivity contribution in [1.82, 2.24) is 4.90 Å². The molecule has 0 saturated carbocycles. The molecule has 0 spiro atoms. The summed E-state index contributed by atoms with van der Waals surface area (Å²) in [5.41, 5.74) is 3.78. The smallest absolute Gasteiger partial charge is 0.410 e. The highest BCUT2D eigenvalue weighted by Crippen LogP contribution is 2.44. The summed E-state index contributed by atoms with van der Waals surface area (Å²) < 4.78 is 22.9. The van der Waals surface area contributed by atoms with Gasteiger partial charge in [-0.25, -0.2) is 9.59 Å². The molecule has 8 nitrogen and oxygen atoms in total. The summed E-state index contributed by atoms with van der Waals surface area (Å²) in [6, 6.07) is 14.9. The Kier molecular flexibility index (Phi) is 8.28. The molecule has 0 radical (unpaired) electrons. The average molecular weight is 498 g/mol. The minimum Gasteiger partial charge on any atom is -0.480 e. The number of amides is 1. The zero-order valence-electron chi connectivity index (χ0n) is 21.1. The van der Waals surface area contributed by atoms with Gasteiger partial charge in [0.2, 0.25) is 0 Å². The Bertz CT molecular complexity index is 1020. The molecule has 1 aliphatic carbocycles. The van der Waals surface area contributed by atoms with Crippen molar-refractivity contribution in [3.05, 3.63) is 59.7 Å². The van der Waals surface area contributed by atoms with Crippen LogP contribution in [0.3, 0.4) is 0 Å². The Balaban J connectivity index is 1.32. The molecule has 1 heterocycles. The number of likely N-dealkylation sites (N-methyl/N-ethyl adjacent to an activating group) is 1. The molecule has 194 valence electrons. The van der Waals surface area contributed by atoms with Crippen LogP contribution in [-0.4, -0.2) is 73.5 Å². The molecular formula is C28H35NO7. The molecule has 36 heavy (non-hydrogen) atoms.